The fourth-order valence-electron chi connectivity index (χ4n) is 1.21. The van der Waals surface area contributed by atoms with Crippen LogP contribution >= 0.6 is 0 Å². The molecule has 0 radical (unpaired) electrons. The maximum atomic E-state index is 11.8. The molecule has 18 heavy (non-hydrogen) atoms. The summed E-state index contributed by atoms with van der Waals surface area (Å²) < 4.78 is 35.3. The number of carbonyl (C=O) groups excluding carboxylic acids is 2. The van der Waals surface area contributed by atoms with Gasteiger partial charge in [0.25, 0.3) is 0 Å². The van der Waals surface area contributed by atoms with Crippen LogP contribution < -0.4 is 16.0 Å². The van der Waals surface area contributed by atoms with Gasteiger partial charge in [0.05, 0.1) is 13.1 Å². The first kappa shape index (κ1) is 14.7. The summed E-state index contributed by atoms with van der Waals surface area (Å²) in [4.78, 5) is 22.1. The molecule has 0 spiro atoms. The molecule has 1 saturated carbocycles. The average Bonchev–Trinajstić information content (AvgIpc) is 3.06. The van der Waals surface area contributed by atoms with Crippen LogP contribution in [0.4, 0.5) is 13.2 Å². The number of amides is 2. The lowest BCUT2D eigenvalue weighted by atomic mass is 10.4. The molecule has 1 aliphatic carbocycles. The van der Waals surface area contributed by atoms with Crippen LogP contribution in [0.25, 0.3) is 0 Å². The molecule has 0 aromatic heterocycles. The Labute approximate surface area is 102 Å². The van der Waals surface area contributed by atoms with Gasteiger partial charge in [0.1, 0.15) is 6.54 Å². The van der Waals surface area contributed by atoms with Crippen molar-refractivity contribution in [1.82, 2.24) is 16.0 Å². The molecule has 0 saturated heterocycles. The van der Waals surface area contributed by atoms with Gasteiger partial charge in [-0.1, -0.05) is 0 Å². The molecule has 0 atom stereocenters. The van der Waals surface area contributed by atoms with Crippen molar-refractivity contribution in [2.45, 2.75) is 19.0 Å². The lowest BCUT2D eigenvalue weighted by Gasteiger charge is -2.09. The van der Waals surface area contributed by atoms with Crippen LogP contribution in [-0.2, 0) is 9.59 Å². The summed E-state index contributed by atoms with van der Waals surface area (Å²) in [5.41, 5.74) is 0. The molecule has 0 unspecified atom stereocenters. The number of carbonyl (C=O) groups is 2. The molecule has 1 rings (SSSR count). The van der Waals surface area contributed by atoms with E-state index in [-0.39, 0.29) is 6.54 Å². The minimum absolute atomic E-state index is 0.0725. The molecule has 1 aliphatic rings. The van der Waals surface area contributed by atoms with Crippen molar-refractivity contribution in [3.63, 3.8) is 0 Å². The number of halogens is 3. The van der Waals surface area contributed by atoms with Gasteiger partial charge >= 0.3 is 6.18 Å². The number of nitrogens with one attached hydrogen (secondary N) is 3. The molecule has 0 aliphatic heterocycles. The molecule has 0 aromatic rings. The standard InChI is InChI=1S/C10H16F3N3O2/c11-10(12,13)6-16-9(18)5-15-8(17)4-14-3-7-1-2-7/h7,14H,1-6H2,(H,15,17)(H,16,18). The van der Waals surface area contributed by atoms with Crippen molar-refractivity contribution in [3.8, 4) is 0 Å². The Hall–Kier alpha value is -1.31. The van der Waals surface area contributed by atoms with E-state index in [9.17, 15) is 22.8 Å². The Bertz CT molecular complexity index is 303. The molecule has 0 bridgehead atoms. The van der Waals surface area contributed by atoms with Crippen LogP contribution in [0.3, 0.4) is 0 Å². The summed E-state index contributed by atoms with van der Waals surface area (Å²) >= 11 is 0. The number of alkyl halides is 3. The van der Waals surface area contributed by atoms with Crippen molar-refractivity contribution in [2.75, 3.05) is 26.2 Å². The van der Waals surface area contributed by atoms with E-state index in [1.54, 1.807) is 5.32 Å². The van der Waals surface area contributed by atoms with Crippen molar-refractivity contribution in [2.24, 2.45) is 5.92 Å². The highest BCUT2D eigenvalue weighted by Gasteiger charge is 2.27. The third kappa shape index (κ3) is 7.88. The molecule has 0 heterocycles. The topological polar surface area (TPSA) is 70.2 Å². The predicted molar refractivity (Wildman–Crippen MR) is 57.7 cm³/mol. The highest BCUT2D eigenvalue weighted by Crippen LogP contribution is 2.27. The molecule has 5 nitrogen and oxygen atoms in total. The number of hydrogen-bond donors (Lipinski definition) is 3. The van der Waals surface area contributed by atoms with Crippen molar-refractivity contribution >= 4 is 11.8 Å². The predicted octanol–water partition coefficient (Wildman–Crippen LogP) is -0.219. The first-order chi connectivity index (χ1) is 8.37. The Kier molecular flexibility index (Phi) is 5.39. The van der Waals surface area contributed by atoms with Gasteiger partial charge in [0.15, 0.2) is 0 Å². The van der Waals surface area contributed by atoms with E-state index in [0.717, 1.165) is 19.4 Å². The smallest absolute Gasteiger partial charge is 0.346 e. The molecule has 2 amide bonds. The van der Waals surface area contributed by atoms with Gasteiger partial charge in [0, 0.05) is 0 Å². The Morgan fingerprint density at radius 2 is 1.67 bits per heavy atom. The molecular weight excluding hydrogens is 251 g/mol. The summed E-state index contributed by atoms with van der Waals surface area (Å²) in [6.45, 7) is -1.00. The first-order valence-corrected chi connectivity index (χ1v) is 5.67. The average molecular weight is 267 g/mol. The molecule has 1 fully saturated rings. The monoisotopic (exact) mass is 267 g/mol. The van der Waals surface area contributed by atoms with Gasteiger partial charge in [-0.2, -0.15) is 13.2 Å². The molecule has 3 N–H and O–H groups in total. The third-order valence-electron chi connectivity index (χ3n) is 2.35. The number of hydrogen-bond acceptors (Lipinski definition) is 3. The Morgan fingerprint density at radius 1 is 1.06 bits per heavy atom. The van der Waals surface area contributed by atoms with Gasteiger partial charge in [-0.3, -0.25) is 9.59 Å². The van der Waals surface area contributed by atoms with E-state index in [1.165, 1.54) is 0 Å². The summed E-state index contributed by atoms with van der Waals surface area (Å²) in [6, 6.07) is 0. The minimum Gasteiger partial charge on any atom is -0.346 e. The second kappa shape index (κ2) is 6.58. The maximum absolute atomic E-state index is 11.8. The van der Waals surface area contributed by atoms with E-state index in [1.807, 2.05) is 0 Å². The molecule has 104 valence electrons. The Balaban J connectivity index is 2.00. The zero-order valence-electron chi connectivity index (χ0n) is 9.77. The Morgan fingerprint density at radius 3 is 2.22 bits per heavy atom. The van der Waals surface area contributed by atoms with Crippen LogP contribution in [0.15, 0.2) is 0 Å². The van der Waals surface area contributed by atoms with E-state index in [2.05, 4.69) is 10.6 Å². The lowest BCUT2D eigenvalue weighted by Crippen LogP contribution is -2.43. The van der Waals surface area contributed by atoms with Crippen LogP contribution in [-0.4, -0.2) is 44.2 Å². The quantitative estimate of drug-likeness (QED) is 0.597. The largest absolute Gasteiger partial charge is 0.405 e. The summed E-state index contributed by atoms with van der Waals surface area (Å²) in [7, 11) is 0. The minimum atomic E-state index is -4.44. The van der Waals surface area contributed by atoms with Crippen molar-refractivity contribution in [1.29, 1.82) is 0 Å². The second-order valence-corrected chi connectivity index (χ2v) is 4.24. The summed E-state index contributed by atoms with van der Waals surface area (Å²) in [5, 5.41) is 6.80. The number of rotatable bonds is 7. The molecule has 8 heteroatoms. The highest BCUT2D eigenvalue weighted by atomic mass is 19.4. The first-order valence-electron chi connectivity index (χ1n) is 5.67. The highest BCUT2D eigenvalue weighted by molar-refractivity contribution is 5.85. The lowest BCUT2D eigenvalue weighted by molar-refractivity contribution is -0.138. The fraction of sp³-hybridized carbons (Fsp3) is 0.800. The summed E-state index contributed by atoms with van der Waals surface area (Å²) in [6.07, 6.45) is -2.12. The third-order valence-corrected chi connectivity index (χ3v) is 2.35. The molecular formula is C10H16F3N3O2. The van der Waals surface area contributed by atoms with Crippen LogP contribution in [0.5, 0.6) is 0 Å². The van der Waals surface area contributed by atoms with E-state index >= 15 is 0 Å². The molecule has 0 aromatic carbocycles. The van der Waals surface area contributed by atoms with Crippen LogP contribution in [0.2, 0.25) is 0 Å². The van der Waals surface area contributed by atoms with Crippen molar-refractivity contribution in [3.05, 3.63) is 0 Å². The zero-order chi connectivity index (χ0) is 13.6. The SMILES string of the molecule is O=C(CNCC1CC1)NCC(=O)NCC(F)(F)F. The fourth-order valence-corrected chi connectivity index (χ4v) is 1.21. The van der Waals surface area contributed by atoms with E-state index in [4.69, 9.17) is 0 Å². The van der Waals surface area contributed by atoms with Gasteiger partial charge in [0.2, 0.25) is 11.8 Å². The summed E-state index contributed by atoms with van der Waals surface area (Å²) in [5.74, 6) is -0.631. The van der Waals surface area contributed by atoms with Crippen LogP contribution in [0.1, 0.15) is 12.8 Å². The zero-order valence-corrected chi connectivity index (χ0v) is 9.77. The van der Waals surface area contributed by atoms with Gasteiger partial charge in [-0.05, 0) is 25.3 Å². The van der Waals surface area contributed by atoms with Gasteiger partial charge < -0.3 is 16.0 Å². The second-order valence-electron chi connectivity index (χ2n) is 4.24. The van der Waals surface area contributed by atoms with Gasteiger partial charge in [-0.15, -0.1) is 0 Å². The van der Waals surface area contributed by atoms with Gasteiger partial charge in [-0.25, -0.2) is 0 Å². The van der Waals surface area contributed by atoms with E-state index in [0.29, 0.717) is 5.92 Å². The van der Waals surface area contributed by atoms with Crippen LogP contribution in [0, 0.1) is 5.92 Å². The normalized spacial score (nSPS) is 15.3. The maximum Gasteiger partial charge on any atom is 0.405 e. The van der Waals surface area contributed by atoms with E-state index < -0.39 is 31.1 Å². The van der Waals surface area contributed by atoms with Crippen molar-refractivity contribution < 1.29 is 22.8 Å².